The first kappa shape index (κ1) is 11.6. The Labute approximate surface area is 91.3 Å². The van der Waals surface area contributed by atoms with Crippen molar-refractivity contribution in [1.29, 1.82) is 0 Å². The van der Waals surface area contributed by atoms with Gasteiger partial charge in [0.25, 0.3) is 0 Å². The largest absolute Gasteiger partial charge is 0.465 e. The molecule has 0 bridgehead atoms. The van der Waals surface area contributed by atoms with Gasteiger partial charge in [-0.05, 0) is 37.8 Å². The van der Waals surface area contributed by atoms with Gasteiger partial charge in [0.1, 0.15) is 11.5 Å². The SMILES string of the molecule is Cc1ccc(C(N)C2CCCC2)o1.Cl. The number of hydrogen-bond acceptors (Lipinski definition) is 2. The van der Waals surface area contributed by atoms with Crippen molar-refractivity contribution in [1.82, 2.24) is 0 Å². The lowest BCUT2D eigenvalue weighted by molar-refractivity contribution is 0.361. The number of rotatable bonds is 2. The van der Waals surface area contributed by atoms with E-state index in [0.717, 1.165) is 11.5 Å². The topological polar surface area (TPSA) is 39.2 Å². The second-order valence-electron chi connectivity index (χ2n) is 4.02. The predicted octanol–water partition coefficient (Wildman–Crippen LogP) is 3.20. The molecule has 1 aromatic heterocycles. The predicted molar refractivity (Wildman–Crippen MR) is 59.6 cm³/mol. The summed E-state index contributed by atoms with van der Waals surface area (Å²) in [6, 6.07) is 4.12. The van der Waals surface area contributed by atoms with E-state index in [2.05, 4.69) is 0 Å². The molecule has 1 aliphatic carbocycles. The van der Waals surface area contributed by atoms with Crippen LogP contribution >= 0.6 is 12.4 Å². The Morgan fingerprint density at radius 1 is 1.36 bits per heavy atom. The molecule has 80 valence electrons. The van der Waals surface area contributed by atoms with Gasteiger partial charge in [0, 0.05) is 0 Å². The number of aryl methyl sites for hydroxylation is 1. The van der Waals surface area contributed by atoms with Crippen LogP contribution in [-0.4, -0.2) is 0 Å². The van der Waals surface area contributed by atoms with E-state index in [1.807, 2.05) is 19.1 Å². The Balaban J connectivity index is 0.000000980. The average Bonchev–Trinajstić information content (AvgIpc) is 2.72. The fourth-order valence-electron chi connectivity index (χ4n) is 2.18. The normalized spacial score (nSPS) is 19.3. The molecule has 2 nitrogen and oxygen atoms in total. The number of hydrogen-bond donors (Lipinski definition) is 1. The van der Waals surface area contributed by atoms with Gasteiger partial charge in [-0.3, -0.25) is 0 Å². The highest BCUT2D eigenvalue weighted by Gasteiger charge is 2.24. The van der Waals surface area contributed by atoms with Crippen molar-refractivity contribution in [2.75, 3.05) is 0 Å². The van der Waals surface area contributed by atoms with E-state index in [0.29, 0.717) is 5.92 Å². The van der Waals surface area contributed by atoms with Crippen LogP contribution in [0.3, 0.4) is 0 Å². The van der Waals surface area contributed by atoms with Gasteiger partial charge in [0.2, 0.25) is 0 Å². The minimum atomic E-state index is 0. The van der Waals surface area contributed by atoms with Crippen LogP contribution in [0.4, 0.5) is 0 Å². The minimum Gasteiger partial charge on any atom is -0.465 e. The Morgan fingerprint density at radius 2 is 2.00 bits per heavy atom. The van der Waals surface area contributed by atoms with Crippen molar-refractivity contribution >= 4 is 12.4 Å². The van der Waals surface area contributed by atoms with E-state index in [1.54, 1.807) is 0 Å². The van der Waals surface area contributed by atoms with E-state index in [1.165, 1.54) is 25.7 Å². The van der Waals surface area contributed by atoms with Crippen molar-refractivity contribution in [3.05, 3.63) is 23.7 Å². The number of halogens is 1. The molecule has 1 heterocycles. The molecule has 0 saturated heterocycles. The molecule has 0 amide bonds. The van der Waals surface area contributed by atoms with Crippen LogP contribution in [0.1, 0.15) is 43.2 Å². The highest BCUT2D eigenvalue weighted by molar-refractivity contribution is 5.85. The third kappa shape index (κ3) is 2.31. The Bertz CT molecular complexity index is 279. The minimum absolute atomic E-state index is 0. The van der Waals surface area contributed by atoms with Crippen molar-refractivity contribution in [2.24, 2.45) is 11.7 Å². The smallest absolute Gasteiger partial charge is 0.121 e. The van der Waals surface area contributed by atoms with Gasteiger partial charge < -0.3 is 10.2 Å². The Morgan fingerprint density at radius 3 is 2.50 bits per heavy atom. The molecule has 1 saturated carbocycles. The molecule has 1 aliphatic rings. The van der Waals surface area contributed by atoms with Gasteiger partial charge >= 0.3 is 0 Å². The van der Waals surface area contributed by atoms with Crippen LogP contribution in [-0.2, 0) is 0 Å². The first-order valence-corrected chi connectivity index (χ1v) is 5.09. The van der Waals surface area contributed by atoms with Crippen molar-refractivity contribution < 1.29 is 4.42 Å². The van der Waals surface area contributed by atoms with Gasteiger partial charge in [-0.15, -0.1) is 12.4 Å². The van der Waals surface area contributed by atoms with Crippen molar-refractivity contribution in [3.63, 3.8) is 0 Å². The summed E-state index contributed by atoms with van der Waals surface area (Å²) in [5.74, 6) is 2.57. The molecule has 0 aliphatic heterocycles. The Kier molecular flexibility index (Phi) is 4.02. The lowest BCUT2D eigenvalue weighted by atomic mass is 9.97. The molecule has 3 heteroatoms. The number of furan rings is 1. The van der Waals surface area contributed by atoms with E-state index < -0.39 is 0 Å². The summed E-state index contributed by atoms with van der Waals surface area (Å²) < 4.78 is 5.53. The van der Waals surface area contributed by atoms with E-state index in [9.17, 15) is 0 Å². The third-order valence-corrected chi connectivity index (χ3v) is 3.00. The van der Waals surface area contributed by atoms with Crippen LogP contribution in [0.25, 0.3) is 0 Å². The molecule has 14 heavy (non-hydrogen) atoms. The lowest BCUT2D eigenvalue weighted by Crippen LogP contribution is -2.18. The van der Waals surface area contributed by atoms with Crippen molar-refractivity contribution in [2.45, 2.75) is 38.6 Å². The van der Waals surface area contributed by atoms with E-state index >= 15 is 0 Å². The molecular formula is C11H18ClNO. The second kappa shape index (κ2) is 4.85. The zero-order chi connectivity index (χ0) is 9.26. The Hall–Kier alpha value is -0.470. The van der Waals surface area contributed by atoms with Gasteiger partial charge in [-0.2, -0.15) is 0 Å². The van der Waals surface area contributed by atoms with E-state index in [4.69, 9.17) is 10.2 Å². The molecule has 1 atom stereocenters. The molecule has 0 radical (unpaired) electrons. The van der Waals surface area contributed by atoms with Crippen molar-refractivity contribution in [3.8, 4) is 0 Å². The molecule has 0 spiro atoms. The summed E-state index contributed by atoms with van der Waals surface area (Å²) in [5.41, 5.74) is 6.12. The summed E-state index contributed by atoms with van der Waals surface area (Å²) in [5, 5.41) is 0. The summed E-state index contributed by atoms with van der Waals surface area (Å²) in [6.45, 7) is 1.96. The molecular weight excluding hydrogens is 198 g/mol. The summed E-state index contributed by atoms with van der Waals surface area (Å²) in [6.07, 6.45) is 5.19. The van der Waals surface area contributed by atoms with Crippen LogP contribution in [0.15, 0.2) is 16.5 Å². The third-order valence-electron chi connectivity index (χ3n) is 3.00. The maximum absolute atomic E-state index is 6.12. The van der Waals surface area contributed by atoms with Gasteiger partial charge in [-0.25, -0.2) is 0 Å². The highest BCUT2D eigenvalue weighted by Crippen LogP contribution is 2.34. The second-order valence-corrected chi connectivity index (χ2v) is 4.02. The first-order valence-electron chi connectivity index (χ1n) is 5.09. The van der Waals surface area contributed by atoms with Crippen LogP contribution in [0, 0.1) is 12.8 Å². The molecule has 2 N–H and O–H groups in total. The number of nitrogens with two attached hydrogens (primary N) is 1. The zero-order valence-corrected chi connectivity index (χ0v) is 9.35. The maximum Gasteiger partial charge on any atom is 0.121 e. The van der Waals surface area contributed by atoms with Gasteiger partial charge in [0.15, 0.2) is 0 Å². The fourth-order valence-corrected chi connectivity index (χ4v) is 2.18. The molecule has 1 fully saturated rings. The van der Waals surface area contributed by atoms with Gasteiger partial charge in [0.05, 0.1) is 6.04 Å². The molecule has 2 rings (SSSR count). The lowest BCUT2D eigenvalue weighted by Gasteiger charge is -2.15. The monoisotopic (exact) mass is 215 g/mol. The average molecular weight is 216 g/mol. The summed E-state index contributed by atoms with van der Waals surface area (Å²) in [4.78, 5) is 0. The summed E-state index contributed by atoms with van der Waals surface area (Å²) >= 11 is 0. The van der Waals surface area contributed by atoms with E-state index in [-0.39, 0.29) is 18.4 Å². The maximum atomic E-state index is 6.12. The first-order chi connectivity index (χ1) is 6.27. The fraction of sp³-hybridized carbons (Fsp3) is 0.636. The quantitative estimate of drug-likeness (QED) is 0.823. The molecule has 1 unspecified atom stereocenters. The molecule has 0 aromatic carbocycles. The summed E-state index contributed by atoms with van der Waals surface area (Å²) in [7, 11) is 0. The zero-order valence-electron chi connectivity index (χ0n) is 8.53. The van der Waals surface area contributed by atoms with Crippen LogP contribution in [0.2, 0.25) is 0 Å². The van der Waals surface area contributed by atoms with Crippen LogP contribution in [0.5, 0.6) is 0 Å². The standard InChI is InChI=1S/C11H17NO.ClH/c1-8-6-7-10(13-8)11(12)9-4-2-3-5-9;/h6-7,9,11H,2-5,12H2,1H3;1H. The highest BCUT2D eigenvalue weighted by atomic mass is 35.5. The van der Waals surface area contributed by atoms with Crippen LogP contribution < -0.4 is 5.73 Å². The van der Waals surface area contributed by atoms with Gasteiger partial charge in [-0.1, -0.05) is 12.8 Å². The molecule has 1 aromatic rings.